The van der Waals surface area contributed by atoms with Gasteiger partial charge < -0.3 is 5.32 Å². The molecule has 9 nitrogen and oxygen atoms in total. The molecule has 1 aliphatic heterocycles. The molecule has 4 rings (SSSR count). The third-order valence-corrected chi connectivity index (χ3v) is 7.93. The van der Waals surface area contributed by atoms with Gasteiger partial charge in [0.1, 0.15) is 0 Å². The van der Waals surface area contributed by atoms with Gasteiger partial charge in [-0.15, -0.1) is 10.2 Å². The zero-order valence-corrected chi connectivity index (χ0v) is 19.0. The Balaban J connectivity index is 1.38. The van der Waals surface area contributed by atoms with Gasteiger partial charge in [0, 0.05) is 30.2 Å². The number of rotatable bonds is 6. The molecule has 164 valence electrons. The Bertz CT molecular complexity index is 1200. The number of carbonyl (C=O) groups excluding carboxylic acids is 1. The number of anilines is 1. The van der Waals surface area contributed by atoms with Gasteiger partial charge in [0.2, 0.25) is 15.9 Å². The van der Waals surface area contributed by atoms with Crippen molar-refractivity contribution in [1.82, 2.24) is 23.9 Å². The van der Waals surface area contributed by atoms with Crippen LogP contribution in [0.3, 0.4) is 0 Å². The summed E-state index contributed by atoms with van der Waals surface area (Å²) in [6, 6.07) is 8.23. The average molecular weight is 461 g/mol. The minimum absolute atomic E-state index is 0.141. The molecule has 1 N–H and O–H groups in total. The summed E-state index contributed by atoms with van der Waals surface area (Å²) in [6.07, 6.45) is 2.85. The number of carbonyl (C=O) groups is 1. The summed E-state index contributed by atoms with van der Waals surface area (Å²) < 4.78 is 28.8. The molecule has 1 aliphatic rings. The van der Waals surface area contributed by atoms with E-state index < -0.39 is 10.0 Å². The zero-order valence-electron chi connectivity index (χ0n) is 17.4. The molecule has 3 heterocycles. The molecule has 0 radical (unpaired) electrons. The molecule has 0 aliphatic carbocycles. The summed E-state index contributed by atoms with van der Waals surface area (Å²) in [7, 11) is -3.48. The first kappa shape index (κ1) is 21.7. The molecule has 0 saturated carbocycles. The monoisotopic (exact) mass is 460 g/mol. The van der Waals surface area contributed by atoms with E-state index >= 15 is 0 Å². The van der Waals surface area contributed by atoms with Crippen LogP contribution in [0.4, 0.5) is 5.69 Å². The summed E-state index contributed by atoms with van der Waals surface area (Å²) in [5, 5.41) is 11.6. The highest BCUT2D eigenvalue weighted by Crippen LogP contribution is 2.23. The fraction of sp³-hybridized carbons (Fsp3) is 0.400. The Labute approximate surface area is 185 Å². The second-order valence-electron chi connectivity index (χ2n) is 7.48. The number of thioether (sulfide) groups is 1. The molecule has 0 atom stereocenters. The average Bonchev–Trinajstić information content (AvgIpc) is 3.16. The molecule has 3 aromatic rings. The number of hydrogen-bond acceptors (Lipinski definition) is 7. The number of aryl methyl sites for hydroxylation is 2. The van der Waals surface area contributed by atoms with Crippen molar-refractivity contribution in [3.8, 4) is 0 Å². The Morgan fingerprint density at radius 2 is 1.81 bits per heavy atom. The molecule has 1 fully saturated rings. The Hall–Kier alpha value is -2.50. The number of nitrogens with one attached hydrogen (secondary N) is 1. The smallest absolute Gasteiger partial charge is 0.256 e. The fourth-order valence-corrected chi connectivity index (χ4v) is 5.89. The largest absolute Gasteiger partial charge is 0.325 e. The van der Waals surface area contributed by atoms with Gasteiger partial charge in [-0.1, -0.05) is 18.2 Å². The summed E-state index contributed by atoms with van der Waals surface area (Å²) >= 11 is 1.26. The molecule has 0 unspecified atom stereocenters. The van der Waals surface area contributed by atoms with E-state index in [0.717, 1.165) is 30.7 Å². The first-order chi connectivity index (χ1) is 14.8. The fourth-order valence-electron chi connectivity index (χ4n) is 3.59. The highest BCUT2D eigenvalue weighted by Gasteiger charge is 2.25. The number of hydrogen-bond donors (Lipinski definition) is 1. The van der Waals surface area contributed by atoms with E-state index in [1.165, 1.54) is 28.2 Å². The van der Waals surface area contributed by atoms with Crippen molar-refractivity contribution in [2.45, 2.75) is 43.2 Å². The lowest BCUT2D eigenvalue weighted by Gasteiger charge is -2.25. The summed E-state index contributed by atoms with van der Waals surface area (Å²) in [5.74, 6) is 0.430. The van der Waals surface area contributed by atoms with Crippen molar-refractivity contribution in [1.29, 1.82) is 0 Å². The SMILES string of the molecule is Cc1cc(C)n2c(SCC(=O)Nc3ccc(S(=O)(=O)N4CCCCC4)cc3)nnc2n1. The molecular formula is C20H24N6O3S2. The number of nitrogens with zero attached hydrogens (tertiary/aromatic N) is 5. The quantitative estimate of drug-likeness (QED) is 0.563. The van der Waals surface area contributed by atoms with Crippen molar-refractivity contribution < 1.29 is 13.2 Å². The minimum Gasteiger partial charge on any atom is -0.325 e. The molecule has 1 saturated heterocycles. The van der Waals surface area contributed by atoms with Gasteiger partial charge >= 0.3 is 0 Å². The normalized spacial score (nSPS) is 15.3. The number of aromatic nitrogens is 4. The maximum Gasteiger partial charge on any atom is 0.256 e. The van der Waals surface area contributed by atoms with Crippen LogP contribution in [0, 0.1) is 13.8 Å². The van der Waals surface area contributed by atoms with Crippen molar-refractivity contribution in [3.63, 3.8) is 0 Å². The lowest BCUT2D eigenvalue weighted by molar-refractivity contribution is -0.113. The predicted molar refractivity (Wildman–Crippen MR) is 119 cm³/mol. The van der Waals surface area contributed by atoms with Gasteiger partial charge in [-0.05, 0) is 57.0 Å². The van der Waals surface area contributed by atoms with E-state index in [2.05, 4.69) is 20.5 Å². The van der Waals surface area contributed by atoms with Crippen molar-refractivity contribution >= 4 is 39.2 Å². The van der Waals surface area contributed by atoms with Crippen molar-refractivity contribution in [2.75, 3.05) is 24.2 Å². The van der Waals surface area contributed by atoms with Gasteiger partial charge in [-0.2, -0.15) is 4.31 Å². The zero-order chi connectivity index (χ0) is 22.0. The molecule has 0 bridgehead atoms. The maximum atomic E-state index is 12.7. The molecule has 31 heavy (non-hydrogen) atoms. The van der Waals surface area contributed by atoms with Crippen LogP contribution in [-0.4, -0.2) is 57.1 Å². The van der Waals surface area contributed by atoms with Crippen molar-refractivity contribution in [2.24, 2.45) is 0 Å². The van der Waals surface area contributed by atoms with Crippen LogP contribution in [0.2, 0.25) is 0 Å². The number of sulfonamides is 1. The predicted octanol–water partition coefficient (Wildman–Crippen LogP) is 2.65. The lowest BCUT2D eigenvalue weighted by atomic mass is 10.2. The second-order valence-corrected chi connectivity index (χ2v) is 10.4. The first-order valence-electron chi connectivity index (χ1n) is 10.1. The minimum atomic E-state index is -3.48. The molecule has 2 aromatic heterocycles. The number of piperidine rings is 1. The van der Waals surface area contributed by atoms with E-state index in [1.807, 2.05) is 24.3 Å². The molecule has 1 amide bonds. The van der Waals surface area contributed by atoms with E-state index in [9.17, 15) is 13.2 Å². The molecule has 1 aromatic carbocycles. The van der Waals surface area contributed by atoms with E-state index in [0.29, 0.717) is 29.7 Å². The summed E-state index contributed by atoms with van der Waals surface area (Å²) in [5.41, 5.74) is 2.35. The molecule has 11 heteroatoms. The standard InChI is InChI=1S/C20H24N6O3S2/c1-14-12-15(2)26-19(21-14)23-24-20(26)30-13-18(27)22-16-6-8-17(9-7-16)31(28,29)25-10-4-3-5-11-25/h6-9,12H,3-5,10-11,13H2,1-2H3,(H,22,27). The van der Waals surface area contributed by atoms with Gasteiger partial charge in [0.05, 0.1) is 10.6 Å². The van der Waals surface area contributed by atoms with Crippen LogP contribution in [0.5, 0.6) is 0 Å². The van der Waals surface area contributed by atoms with E-state index in [1.54, 1.807) is 12.1 Å². The van der Waals surface area contributed by atoms with E-state index in [-0.39, 0.29) is 16.6 Å². The third-order valence-electron chi connectivity index (χ3n) is 5.09. The van der Waals surface area contributed by atoms with Gasteiger partial charge in [-0.25, -0.2) is 13.4 Å². The molecule has 0 spiro atoms. The Kier molecular flexibility index (Phi) is 6.26. The summed E-state index contributed by atoms with van der Waals surface area (Å²) in [6.45, 7) is 4.95. The van der Waals surface area contributed by atoms with Gasteiger partial charge in [0.15, 0.2) is 5.16 Å². The molecular weight excluding hydrogens is 436 g/mol. The van der Waals surface area contributed by atoms with Crippen LogP contribution < -0.4 is 5.32 Å². The number of amides is 1. The van der Waals surface area contributed by atoms with E-state index in [4.69, 9.17) is 0 Å². The first-order valence-corrected chi connectivity index (χ1v) is 12.5. The highest BCUT2D eigenvalue weighted by atomic mass is 32.2. The van der Waals surface area contributed by atoms with Gasteiger partial charge in [-0.3, -0.25) is 9.20 Å². The van der Waals surface area contributed by atoms with Crippen LogP contribution in [-0.2, 0) is 14.8 Å². The Morgan fingerprint density at radius 3 is 2.52 bits per heavy atom. The van der Waals surface area contributed by atoms with Crippen LogP contribution in [0.1, 0.15) is 30.7 Å². The Morgan fingerprint density at radius 1 is 1.10 bits per heavy atom. The van der Waals surface area contributed by atoms with Crippen LogP contribution >= 0.6 is 11.8 Å². The summed E-state index contributed by atoms with van der Waals surface area (Å²) in [4.78, 5) is 17.0. The lowest BCUT2D eigenvalue weighted by Crippen LogP contribution is -2.35. The third kappa shape index (κ3) is 4.73. The van der Waals surface area contributed by atoms with Crippen LogP contribution in [0.25, 0.3) is 5.78 Å². The number of benzene rings is 1. The van der Waals surface area contributed by atoms with Crippen LogP contribution in [0.15, 0.2) is 40.4 Å². The topological polar surface area (TPSA) is 110 Å². The second kappa shape index (κ2) is 8.93. The number of fused-ring (bicyclic) bond motifs is 1. The highest BCUT2D eigenvalue weighted by molar-refractivity contribution is 7.99. The van der Waals surface area contributed by atoms with Gasteiger partial charge in [0.25, 0.3) is 5.78 Å². The van der Waals surface area contributed by atoms with Crippen molar-refractivity contribution in [3.05, 3.63) is 41.7 Å². The maximum absolute atomic E-state index is 12.7.